The Bertz CT molecular complexity index is 1150. The van der Waals surface area contributed by atoms with Gasteiger partial charge in [0.25, 0.3) is 0 Å². The van der Waals surface area contributed by atoms with E-state index >= 15 is 0 Å². The highest BCUT2D eigenvalue weighted by Crippen LogP contribution is 2.34. The lowest BCUT2D eigenvalue weighted by Crippen LogP contribution is -2.42. The van der Waals surface area contributed by atoms with Crippen LogP contribution in [0.5, 0.6) is 0 Å². The molecule has 3 rings (SSSR count). The molecule has 0 saturated heterocycles. The van der Waals surface area contributed by atoms with Crippen molar-refractivity contribution in [1.82, 2.24) is 5.32 Å². The Labute approximate surface area is 167 Å². The molecule has 0 radical (unpaired) electrons. The number of furan rings is 1. The topological polar surface area (TPSA) is 110 Å². The molecule has 0 saturated carbocycles. The quantitative estimate of drug-likeness (QED) is 0.585. The number of carboxylic acid groups (broad SMARTS) is 1. The van der Waals surface area contributed by atoms with Crippen LogP contribution >= 0.6 is 0 Å². The van der Waals surface area contributed by atoms with Crippen LogP contribution in [0.25, 0.3) is 21.9 Å². The van der Waals surface area contributed by atoms with E-state index in [0.717, 1.165) is 22.9 Å². The average Bonchev–Trinajstić information content (AvgIpc) is 3.03. The zero-order valence-electron chi connectivity index (χ0n) is 17.0. The van der Waals surface area contributed by atoms with Crippen LogP contribution in [0, 0.1) is 20.8 Å². The molecule has 3 aromatic rings. The van der Waals surface area contributed by atoms with Crippen molar-refractivity contribution in [2.45, 2.75) is 59.4 Å². The Kier molecular flexibility index (Phi) is 5.77. The second-order valence-corrected chi connectivity index (χ2v) is 7.46. The number of rotatable bonds is 7. The van der Waals surface area contributed by atoms with Gasteiger partial charge in [0.2, 0.25) is 5.91 Å². The van der Waals surface area contributed by atoms with E-state index in [1.165, 1.54) is 0 Å². The molecule has 0 aliphatic rings. The van der Waals surface area contributed by atoms with E-state index < -0.39 is 23.5 Å². The van der Waals surface area contributed by atoms with Crippen molar-refractivity contribution in [3.8, 4) is 0 Å². The van der Waals surface area contributed by atoms with Gasteiger partial charge in [-0.15, -0.1) is 0 Å². The van der Waals surface area contributed by atoms with Crippen LogP contribution < -0.4 is 10.9 Å². The lowest BCUT2D eigenvalue weighted by atomic mass is 9.98. The lowest BCUT2D eigenvalue weighted by molar-refractivity contribution is -0.142. The van der Waals surface area contributed by atoms with Gasteiger partial charge in [0.05, 0.1) is 23.6 Å². The molecule has 0 aliphatic heterocycles. The fourth-order valence-corrected chi connectivity index (χ4v) is 3.75. The lowest BCUT2D eigenvalue weighted by Gasteiger charge is -2.15. The zero-order valence-corrected chi connectivity index (χ0v) is 17.0. The smallest absolute Gasteiger partial charge is 0.340 e. The largest absolute Gasteiger partial charge is 0.480 e. The minimum atomic E-state index is -1.09. The first-order valence-electron chi connectivity index (χ1n) is 9.70. The zero-order chi connectivity index (χ0) is 21.3. The third-order valence-corrected chi connectivity index (χ3v) is 5.28. The highest BCUT2D eigenvalue weighted by atomic mass is 16.4. The maximum Gasteiger partial charge on any atom is 0.340 e. The van der Waals surface area contributed by atoms with E-state index in [-0.39, 0.29) is 12.0 Å². The minimum Gasteiger partial charge on any atom is -0.480 e. The molecule has 1 aromatic carbocycles. The monoisotopic (exact) mass is 399 g/mol. The molecular weight excluding hydrogens is 374 g/mol. The Balaban J connectivity index is 2.00. The van der Waals surface area contributed by atoms with Gasteiger partial charge in [0, 0.05) is 5.39 Å². The number of amides is 1. The van der Waals surface area contributed by atoms with Gasteiger partial charge in [0.15, 0.2) is 0 Å². The molecule has 1 atom stereocenters. The maximum absolute atomic E-state index is 12.5. The van der Waals surface area contributed by atoms with E-state index in [0.29, 0.717) is 35.0 Å². The fraction of sp³-hybridized carbons (Fsp3) is 0.409. The third-order valence-electron chi connectivity index (χ3n) is 5.28. The highest BCUT2D eigenvalue weighted by molar-refractivity contribution is 6.07. The summed E-state index contributed by atoms with van der Waals surface area (Å²) in [5, 5.41) is 13.4. The van der Waals surface area contributed by atoms with Gasteiger partial charge in [-0.3, -0.25) is 4.79 Å². The fourth-order valence-electron chi connectivity index (χ4n) is 3.75. The summed E-state index contributed by atoms with van der Waals surface area (Å²) in [6.45, 7) is 7.56. The van der Waals surface area contributed by atoms with E-state index in [4.69, 9.17) is 8.83 Å². The number of hydrogen-bond acceptors (Lipinski definition) is 5. The van der Waals surface area contributed by atoms with Crippen LogP contribution in [0.1, 0.15) is 48.4 Å². The standard InChI is InChI=1S/C22H25NO6/c1-5-6-7-15(21(25)26)23-17(24)9-14-13(4)19-16(29-22(14)27)8-11(2)18-12(3)10-28-20(18)19/h8,10,15H,5-7,9H2,1-4H3,(H,23,24)(H,25,26)/t15-/m0/s1. The first-order chi connectivity index (χ1) is 13.7. The number of aryl methyl sites for hydroxylation is 3. The summed E-state index contributed by atoms with van der Waals surface area (Å²) >= 11 is 0. The Morgan fingerprint density at radius 2 is 1.90 bits per heavy atom. The molecule has 0 aliphatic carbocycles. The van der Waals surface area contributed by atoms with E-state index in [1.807, 2.05) is 20.8 Å². The van der Waals surface area contributed by atoms with Crippen molar-refractivity contribution in [1.29, 1.82) is 0 Å². The van der Waals surface area contributed by atoms with Gasteiger partial charge in [0.1, 0.15) is 17.2 Å². The van der Waals surface area contributed by atoms with Gasteiger partial charge in [-0.25, -0.2) is 9.59 Å². The summed E-state index contributed by atoms with van der Waals surface area (Å²) in [6.07, 6.45) is 3.25. The van der Waals surface area contributed by atoms with Gasteiger partial charge in [-0.05, 0) is 49.9 Å². The van der Waals surface area contributed by atoms with Gasteiger partial charge in [-0.2, -0.15) is 0 Å². The van der Waals surface area contributed by atoms with Crippen LogP contribution in [-0.4, -0.2) is 23.0 Å². The number of carbonyl (C=O) groups excluding carboxylic acids is 1. The molecular formula is C22H25NO6. The Morgan fingerprint density at radius 3 is 2.55 bits per heavy atom. The van der Waals surface area contributed by atoms with Gasteiger partial charge < -0.3 is 19.3 Å². The van der Waals surface area contributed by atoms with Crippen LogP contribution in [0.2, 0.25) is 0 Å². The van der Waals surface area contributed by atoms with Crippen LogP contribution in [-0.2, 0) is 16.0 Å². The van der Waals surface area contributed by atoms with Gasteiger partial charge in [-0.1, -0.05) is 19.8 Å². The Morgan fingerprint density at radius 1 is 1.17 bits per heavy atom. The summed E-state index contributed by atoms with van der Waals surface area (Å²) in [5.41, 5.74) is 3.14. The molecule has 7 nitrogen and oxygen atoms in total. The van der Waals surface area contributed by atoms with Crippen molar-refractivity contribution in [3.05, 3.63) is 45.0 Å². The summed E-state index contributed by atoms with van der Waals surface area (Å²) in [6, 6.07) is 0.821. The van der Waals surface area contributed by atoms with Crippen LogP contribution in [0.4, 0.5) is 0 Å². The molecule has 2 N–H and O–H groups in total. The van der Waals surface area contributed by atoms with Crippen molar-refractivity contribution < 1.29 is 23.5 Å². The third kappa shape index (κ3) is 3.90. The summed E-state index contributed by atoms with van der Waals surface area (Å²) in [4.78, 5) is 36.4. The normalized spacial score (nSPS) is 12.4. The van der Waals surface area contributed by atoms with Crippen LogP contribution in [0.15, 0.2) is 26.0 Å². The van der Waals surface area contributed by atoms with E-state index in [2.05, 4.69) is 5.32 Å². The molecule has 0 bridgehead atoms. The maximum atomic E-state index is 12.5. The highest BCUT2D eigenvalue weighted by Gasteiger charge is 2.23. The summed E-state index contributed by atoms with van der Waals surface area (Å²) < 4.78 is 11.2. The molecule has 7 heteroatoms. The van der Waals surface area contributed by atoms with E-state index in [1.54, 1.807) is 19.3 Å². The molecule has 29 heavy (non-hydrogen) atoms. The van der Waals surface area contributed by atoms with Crippen molar-refractivity contribution in [2.24, 2.45) is 0 Å². The summed E-state index contributed by atoms with van der Waals surface area (Å²) in [5.74, 6) is -1.61. The predicted molar refractivity (Wildman–Crippen MR) is 109 cm³/mol. The van der Waals surface area contributed by atoms with E-state index in [9.17, 15) is 19.5 Å². The number of fused-ring (bicyclic) bond motifs is 3. The number of carboxylic acids is 1. The molecule has 1 amide bonds. The second-order valence-electron chi connectivity index (χ2n) is 7.46. The van der Waals surface area contributed by atoms with Crippen molar-refractivity contribution >= 4 is 33.8 Å². The van der Waals surface area contributed by atoms with Crippen molar-refractivity contribution in [2.75, 3.05) is 0 Å². The van der Waals surface area contributed by atoms with Gasteiger partial charge >= 0.3 is 11.6 Å². The molecule has 0 unspecified atom stereocenters. The number of nitrogens with one attached hydrogen (secondary N) is 1. The molecule has 2 heterocycles. The first kappa shape index (κ1) is 20.6. The molecule has 2 aromatic heterocycles. The number of benzene rings is 1. The molecule has 0 fully saturated rings. The number of unbranched alkanes of at least 4 members (excludes halogenated alkanes) is 1. The SMILES string of the molecule is CCCC[C@H](NC(=O)Cc1c(C)c2c(cc(C)c3c(C)coc32)oc1=O)C(=O)O. The second kappa shape index (κ2) is 8.11. The molecule has 0 spiro atoms. The minimum absolute atomic E-state index is 0.203. The van der Waals surface area contributed by atoms with Crippen molar-refractivity contribution in [3.63, 3.8) is 0 Å². The first-order valence-corrected chi connectivity index (χ1v) is 9.70. The van der Waals surface area contributed by atoms with Crippen LogP contribution in [0.3, 0.4) is 0 Å². The Hall–Kier alpha value is -3.09. The molecule has 154 valence electrons. The predicted octanol–water partition coefficient (Wildman–Crippen LogP) is 3.77. The number of carbonyl (C=O) groups is 2. The number of hydrogen-bond donors (Lipinski definition) is 2. The summed E-state index contributed by atoms with van der Waals surface area (Å²) in [7, 11) is 0. The number of aliphatic carboxylic acids is 1. The average molecular weight is 399 g/mol.